The molecule has 1 aliphatic heterocycles. The number of carbonyl (C=O) groups excluding carboxylic acids is 1. The van der Waals surface area contributed by atoms with E-state index in [-0.39, 0.29) is 28.9 Å². The molecule has 0 unspecified atom stereocenters. The molecular formula is C36H35F2N7O4. The molecule has 11 nitrogen and oxygen atoms in total. The molecule has 0 radical (unpaired) electrons. The Morgan fingerprint density at radius 3 is 2.49 bits per heavy atom. The summed E-state index contributed by atoms with van der Waals surface area (Å²) in [5.74, 6) is -0.0562. The van der Waals surface area contributed by atoms with Gasteiger partial charge >= 0.3 is 5.97 Å². The topological polar surface area (TPSA) is 118 Å². The normalized spacial score (nSPS) is 13.3. The van der Waals surface area contributed by atoms with Crippen LogP contribution in [0.1, 0.15) is 27.3 Å². The summed E-state index contributed by atoms with van der Waals surface area (Å²) in [5.41, 5.74) is 1.90. The first-order valence-corrected chi connectivity index (χ1v) is 15.7. The summed E-state index contributed by atoms with van der Waals surface area (Å²) in [7, 11) is 2.86. The average molecular weight is 668 g/mol. The van der Waals surface area contributed by atoms with E-state index in [0.29, 0.717) is 74.3 Å². The molecule has 0 amide bonds. The number of imidazole rings is 1. The van der Waals surface area contributed by atoms with Crippen LogP contribution in [-0.2, 0) is 29.2 Å². The summed E-state index contributed by atoms with van der Waals surface area (Å²) in [6, 6.07) is 22.3. The number of nitrogens with one attached hydrogen (secondary N) is 1. The molecule has 3 aromatic carbocycles. The SMILES string of the molecule is COCCn1c(CN2CCN(c3cccc(OCc4ccc(C#N)cc4F)n3)CC2)nc2c(F)c(Nc3ccccc3)c(C(=O)OC)cc21. The summed E-state index contributed by atoms with van der Waals surface area (Å²) in [4.78, 5) is 26.6. The van der Waals surface area contributed by atoms with Gasteiger partial charge in [-0.2, -0.15) is 10.2 Å². The molecule has 252 valence electrons. The Bertz CT molecular complexity index is 1990. The van der Waals surface area contributed by atoms with Gasteiger partial charge in [-0.05, 0) is 36.4 Å². The van der Waals surface area contributed by atoms with Gasteiger partial charge in [-0.1, -0.05) is 30.3 Å². The zero-order chi connectivity index (χ0) is 34.3. The average Bonchev–Trinajstić information content (AvgIpc) is 3.48. The van der Waals surface area contributed by atoms with Gasteiger partial charge in [0.1, 0.15) is 29.6 Å². The first kappa shape index (κ1) is 33.3. The van der Waals surface area contributed by atoms with Crippen LogP contribution >= 0.6 is 0 Å². The first-order chi connectivity index (χ1) is 23.9. The molecule has 1 saturated heterocycles. The number of fused-ring (bicyclic) bond motifs is 1. The van der Waals surface area contributed by atoms with E-state index in [1.165, 1.54) is 19.2 Å². The number of ether oxygens (including phenoxy) is 3. The highest BCUT2D eigenvalue weighted by Crippen LogP contribution is 2.33. The number of methoxy groups -OCH3 is 2. The monoisotopic (exact) mass is 667 g/mol. The fraction of sp³-hybridized carbons (Fsp3) is 0.278. The smallest absolute Gasteiger partial charge is 0.340 e. The second-order valence-electron chi connectivity index (χ2n) is 11.4. The quantitative estimate of drug-likeness (QED) is 0.167. The van der Waals surface area contributed by atoms with Gasteiger partial charge in [0.15, 0.2) is 5.82 Å². The molecule has 0 spiro atoms. The van der Waals surface area contributed by atoms with Crippen molar-refractivity contribution in [2.45, 2.75) is 19.7 Å². The van der Waals surface area contributed by atoms with E-state index in [2.05, 4.69) is 20.1 Å². The molecule has 13 heteroatoms. The maximum atomic E-state index is 16.2. The Morgan fingerprint density at radius 2 is 1.78 bits per heavy atom. The Hall–Kier alpha value is -5.58. The van der Waals surface area contributed by atoms with Crippen LogP contribution in [0.25, 0.3) is 11.0 Å². The summed E-state index contributed by atoms with van der Waals surface area (Å²) in [6.45, 7) is 3.94. The number of benzene rings is 3. The number of nitrogens with zero attached hydrogens (tertiary/aromatic N) is 6. The fourth-order valence-electron chi connectivity index (χ4n) is 5.76. The van der Waals surface area contributed by atoms with Crippen LogP contribution in [0.5, 0.6) is 5.88 Å². The minimum atomic E-state index is -0.666. The number of esters is 1. The third-order valence-corrected chi connectivity index (χ3v) is 8.36. The van der Waals surface area contributed by atoms with E-state index in [1.54, 1.807) is 37.4 Å². The molecule has 3 heterocycles. The molecule has 0 bridgehead atoms. The van der Waals surface area contributed by atoms with Crippen molar-refractivity contribution in [3.63, 3.8) is 0 Å². The number of para-hydroxylation sites is 1. The van der Waals surface area contributed by atoms with Crippen LogP contribution in [0.2, 0.25) is 0 Å². The highest BCUT2D eigenvalue weighted by molar-refractivity contribution is 6.01. The molecule has 1 fully saturated rings. The number of nitriles is 1. The lowest BCUT2D eigenvalue weighted by atomic mass is 10.1. The van der Waals surface area contributed by atoms with E-state index >= 15 is 4.39 Å². The maximum Gasteiger partial charge on any atom is 0.340 e. The molecule has 5 aromatic rings. The Labute approximate surface area is 282 Å². The summed E-state index contributed by atoms with van der Waals surface area (Å²) >= 11 is 0. The van der Waals surface area contributed by atoms with E-state index in [1.807, 2.05) is 41.0 Å². The van der Waals surface area contributed by atoms with E-state index in [0.717, 1.165) is 5.82 Å². The molecule has 0 saturated carbocycles. The molecule has 1 N–H and O–H groups in total. The lowest BCUT2D eigenvalue weighted by molar-refractivity contribution is 0.0601. The van der Waals surface area contributed by atoms with Crippen LogP contribution in [0, 0.1) is 23.0 Å². The number of hydrogen-bond donors (Lipinski definition) is 1. The third kappa shape index (κ3) is 7.45. The van der Waals surface area contributed by atoms with Gasteiger partial charge in [-0.3, -0.25) is 4.90 Å². The second-order valence-corrected chi connectivity index (χ2v) is 11.4. The van der Waals surface area contributed by atoms with Gasteiger partial charge in [0, 0.05) is 57.2 Å². The summed E-state index contributed by atoms with van der Waals surface area (Å²) < 4.78 is 48.6. The first-order valence-electron chi connectivity index (χ1n) is 15.7. The Morgan fingerprint density at radius 1 is 0.980 bits per heavy atom. The van der Waals surface area contributed by atoms with Gasteiger partial charge in [0.05, 0.1) is 48.7 Å². The minimum absolute atomic E-state index is 0.00264. The number of halogens is 2. The maximum absolute atomic E-state index is 16.2. The van der Waals surface area contributed by atoms with Crippen LogP contribution in [0.15, 0.2) is 72.8 Å². The van der Waals surface area contributed by atoms with Crippen molar-refractivity contribution in [2.75, 3.05) is 57.2 Å². The molecule has 0 aliphatic carbocycles. The lowest BCUT2D eigenvalue weighted by Gasteiger charge is -2.35. The fourth-order valence-corrected chi connectivity index (χ4v) is 5.76. The standard InChI is InChI=1S/C36H35F2N7O4/c1-47-18-17-45-29-20-27(36(46)48-2)34(40-26-7-4-3-5-8-26)33(38)35(29)42-31(45)22-43-13-15-44(16-14-43)30-9-6-10-32(41-30)49-23-25-12-11-24(21-39)19-28(25)37/h3-12,19-20,40H,13-18,22-23H2,1-2H3. The second kappa shape index (κ2) is 15.1. The number of aromatic nitrogens is 3. The van der Waals surface area contributed by atoms with Crippen molar-refractivity contribution < 1.29 is 27.8 Å². The van der Waals surface area contributed by atoms with E-state index in [4.69, 9.17) is 24.5 Å². The van der Waals surface area contributed by atoms with Crippen molar-refractivity contribution in [3.8, 4) is 11.9 Å². The molecule has 2 aromatic heterocycles. The van der Waals surface area contributed by atoms with Crippen LogP contribution in [0.4, 0.5) is 26.0 Å². The van der Waals surface area contributed by atoms with E-state index in [9.17, 15) is 9.18 Å². The summed E-state index contributed by atoms with van der Waals surface area (Å²) in [5, 5.41) is 12.0. The highest BCUT2D eigenvalue weighted by atomic mass is 19.1. The number of piperazine rings is 1. The zero-order valence-corrected chi connectivity index (χ0v) is 27.2. The number of rotatable bonds is 12. The predicted molar refractivity (Wildman–Crippen MR) is 180 cm³/mol. The van der Waals surface area contributed by atoms with Crippen molar-refractivity contribution in [1.29, 1.82) is 5.26 Å². The van der Waals surface area contributed by atoms with Gasteiger partial charge in [-0.25, -0.2) is 18.6 Å². The van der Waals surface area contributed by atoms with Crippen molar-refractivity contribution >= 4 is 34.2 Å². The Balaban J connectivity index is 1.18. The summed E-state index contributed by atoms with van der Waals surface area (Å²) in [6.07, 6.45) is 0. The number of carbonyl (C=O) groups is 1. The van der Waals surface area contributed by atoms with Gasteiger partial charge in [-0.15, -0.1) is 0 Å². The van der Waals surface area contributed by atoms with Crippen LogP contribution < -0.4 is 15.0 Å². The highest BCUT2D eigenvalue weighted by Gasteiger charge is 2.26. The lowest BCUT2D eigenvalue weighted by Crippen LogP contribution is -2.46. The number of anilines is 3. The third-order valence-electron chi connectivity index (χ3n) is 8.36. The molecule has 0 atom stereocenters. The van der Waals surface area contributed by atoms with Crippen LogP contribution in [0.3, 0.4) is 0 Å². The predicted octanol–water partition coefficient (Wildman–Crippen LogP) is 5.66. The zero-order valence-electron chi connectivity index (χ0n) is 27.2. The molecule has 6 rings (SSSR count). The molecule has 49 heavy (non-hydrogen) atoms. The molecular weight excluding hydrogens is 632 g/mol. The largest absolute Gasteiger partial charge is 0.473 e. The number of hydrogen-bond acceptors (Lipinski definition) is 10. The molecule has 1 aliphatic rings. The minimum Gasteiger partial charge on any atom is -0.473 e. The van der Waals surface area contributed by atoms with Gasteiger partial charge < -0.3 is 29.0 Å². The van der Waals surface area contributed by atoms with E-state index < -0.39 is 17.6 Å². The van der Waals surface area contributed by atoms with Crippen LogP contribution in [-0.4, -0.2) is 72.4 Å². The van der Waals surface area contributed by atoms with Crippen molar-refractivity contribution in [2.24, 2.45) is 0 Å². The van der Waals surface area contributed by atoms with Gasteiger partial charge in [0.25, 0.3) is 0 Å². The van der Waals surface area contributed by atoms with Crippen molar-refractivity contribution in [1.82, 2.24) is 19.4 Å². The Kier molecular flexibility index (Phi) is 10.3. The van der Waals surface area contributed by atoms with Gasteiger partial charge in [0.2, 0.25) is 5.88 Å². The van der Waals surface area contributed by atoms with Crippen molar-refractivity contribution in [3.05, 3.63) is 107 Å². The number of pyridine rings is 1.